The molecule has 0 saturated heterocycles. The molecule has 4 N–H and O–H groups in total. The summed E-state index contributed by atoms with van der Waals surface area (Å²) in [7, 11) is 0. The number of hydrogen-bond donors (Lipinski definition) is 4. The van der Waals surface area contributed by atoms with Crippen LogP contribution in [-0.2, 0) is 16.8 Å². The fourth-order valence-electron chi connectivity index (χ4n) is 0.987. The molecule has 0 aliphatic rings. The quantitative estimate of drug-likeness (QED) is 0.597. The first kappa shape index (κ1) is 21.5. The normalized spacial score (nSPS) is 16.6. The maximum absolute atomic E-state index is 8.56. The van der Waals surface area contributed by atoms with Gasteiger partial charge in [0.05, 0.1) is 24.4 Å². The van der Waals surface area contributed by atoms with Crippen molar-refractivity contribution in [3.8, 4) is 5.04 Å². The van der Waals surface area contributed by atoms with Crippen molar-refractivity contribution in [2.45, 2.75) is 65.0 Å². The van der Waals surface area contributed by atoms with Crippen LogP contribution < -0.4 is 0 Å². The third-order valence-electron chi connectivity index (χ3n) is 1.36. The van der Waals surface area contributed by atoms with E-state index < -0.39 is 0 Å². The molecule has 0 fully saturated rings. The molecule has 0 amide bonds. The Morgan fingerprint density at radius 1 is 0.688 bits per heavy atom. The van der Waals surface area contributed by atoms with Gasteiger partial charge in [-0.3, -0.25) is 0 Å². The average Bonchev–Trinajstić information content (AvgIpc) is 2.03. The van der Waals surface area contributed by atoms with Crippen molar-refractivity contribution in [3.05, 3.63) is 0 Å². The molecule has 0 spiro atoms. The zero-order chi connectivity index (χ0) is 13.7. The van der Waals surface area contributed by atoms with Crippen LogP contribution in [-0.4, -0.2) is 44.8 Å². The second-order valence-corrected chi connectivity index (χ2v) is 3.87. The van der Waals surface area contributed by atoms with Gasteiger partial charge in [-0.05, 0) is 40.5 Å². The summed E-state index contributed by atoms with van der Waals surface area (Å²) in [5.74, 6) is 0. The van der Waals surface area contributed by atoms with Crippen molar-refractivity contribution < 1.29 is 37.2 Å². The fraction of sp³-hybridized carbons (Fsp3) is 0.909. The SMILES string of the molecule is CC(O)CC(C)O.CC(O)C[C@H](C)O.[CH]#[V]. The zero-order valence-electron chi connectivity index (χ0n) is 10.5. The molecule has 4 nitrogen and oxygen atoms in total. The van der Waals surface area contributed by atoms with Gasteiger partial charge in [0.15, 0.2) is 0 Å². The van der Waals surface area contributed by atoms with Crippen LogP contribution in [0.15, 0.2) is 0 Å². The minimum atomic E-state index is -0.375. The van der Waals surface area contributed by atoms with E-state index in [2.05, 4.69) is 5.04 Å². The minimum absolute atomic E-state index is 0.375. The summed E-state index contributed by atoms with van der Waals surface area (Å²) >= 11 is 1.81. The van der Waals surface area contributed by atoms with Crippen molar-refractivity contribution >= 4 is 0 Å². The molecule has 4 atom stereocenters. The van der Waals surface area contributed by atoms with E-state index in [9.17, 15) is 0 Å². The van der Waals surface area contributed by atoms with Crippen LogP contribution in [0.2, 0.25) is 0 Å². The van der Waals surface area contributed by atoms with Crippen molar-refractivity contribution in [2.24, 2.45) is 0 Å². The average molecular weight is 272 g/mol. The number of aliphatic hydroxyl groups excluding tert-OH is 4. The van der Waals surface area contributed by atoms with Gasteiger partial charge in [0.2, 0.25) is 0 Å². The second-order valence-electron chi connectivity index (χ2n) is 3.87. The van der Waals surface area contributed by atoms with Gasteiger partial charge in [-0.25, -0.2) is 0 Å². The van der Waals surface area contributed by atoms with Crippen LogP contribution in [0.1, 0.15) is 40.5 Å². The summed E-state index contributed by atoms with van der Waals surface area (Å²) in [5, 5.41) is 38.7. The fourth-order valence-corrected chi connectivity index (χ4v) is 0.987. The molecule has 0 aromatic heterocycles. The van der Waals surface area contributed by atoms with Gasteiger partial charge in [-0.15, -0.1) is 0 Å². The summed E-state index contributed by atoms with van der Waals surface area (Å²) in [4.78, 5) is 0. The molecule has 0 aromatic carbocycles. The standard InChI is InChI=1S/2C5H12O2.CH.V/c2*1-4(6)3-5(2)7;;/h2*4-7H,3H2,1-2H3;1H;/t4-,5?;;;/m0.../s1. The van der Waals surface area contributed by atoms with Gasteiger partial charge in [0, 0.05) is 0 Å². The van der Waals surface area contributed by atoms with Crippen LogP contribution in [0.5, 0.6) is 0 Å². The molecule has 3 unspecified atom stereocenters. The van der Waals surface area contributed by atoms with Crippen molar-refractivity contribution in [3.63, 3.8) is 0 Å². The van der Waals surface area contributed by atoms with Crippen LogP contribution in [0.3, 0.4) is 0 Å². The third-order valence-corrected chi connectivity index (χ3v) is 1.36. The molecule has 98 valence electrons. The van der Waals surface area contributed by atoms with Crippen molar-refractivity contribution in [1.29, 1.82) is 0 Å². The van der Waals surface area contributed by atoms with Gasteiger partial charge in [0.1, 0.15) is 0 Å². The van der Waals surface area contributed by atoms with Gasteiger partial charge in [-0.1, -0.05) is 0 Å². The molecule has 0 bridgehead atoms. The van der Waals surface area contributed by atoms with E-state index >= 15 is 0 Å². The Bertz CT molecular complexity index is 118. The Morgan fingerprint density at radius 2 is 0.812 bits per heavy atom. The summed E-state index contributed by atoms with van der Waals surface area (Å²) in [6, 6.07) is 0. The predicted octanol–water partition coefficient (Wildman–Crippen LogP) is 0.398. The predicted molar refractivity (Wildman–Crippen MR) is 60.9 cm³/mol. The van der Waals surface area contributed by atoms with E-state index in [4.69, 9.17) is 20.4 Å². The van der Waals surface area contributed by atoms with E-state index in [0.29, 0.717) is 12.8 Å². The van der Waals surface area contributed by atoms with E-state index in [-0.39, 0.29) is 24.4 Å². The summed E-state index contributed by atoms with van der Waals surface area (Å²) in [6.45, 7) is 6.64. The van der Waals surface area contributed by atoms with Crippen molar-refractivity contribution in [2.75, 3.05) is 0 Å². The first-order chi connectivity index (χ1) is 7.25. The molecule has 16 heavy (non-hydrogen) atoms. The van der Waals surface area contributed by atoms with Crippen LogP contribution in [0.25, 0.3) is 0 Å². The Balaban J connectivity index is -0.000000183. The summed E-state index contributed by atoms with van der Waals surface area (Å²) in [5.41, 5.74) is 0. The van der Waals surface area contributed by atoms with Gasteiger partial charge >= 0.3 is 21.8 Å². The molecule has 5 heteroatoms. The molecule has 0 aromatic rings. The topological polar surface area (TPSA) is 80.9 Å². The number of aliphatic hydroxyl groups is 4. The molecular weight excluding hydrogens is 247 g/mol. The van der Waals surface area contributed by atoms with Gasteiger partial charge in [0.25, 0.3) is 0 Å². The molecule has 0 heterocycles. The van der Waals surface area contributed by atoms with Crippen LogP contribution >= 0.6 is 0 Å². The van der Waals surface area contributed by atoms with E-state index in [1.807, 2.05) is 16.8 Å². The number of rotatable bonds is 4. The van der Waals surface area contributed by atoms with E-state index in [0.717, 1.165) is 0 Å². The monoisotopic (exact) mass is 272 g/mol. The molecule has 0 saturated carbocycles. The Hall–Kier alpha value is 0.204. The first-order valence-electron chi connectivity index (χ1n) is 5.23. The van der Waals surface area contributed by atoms with Crippen LogP contribution in [0.4, 0.5) is 0 Å². The van der Waals surface area contributed by atoms with Crippen molar-refractivity contribution in [1.82, 2.24) is 0 Å². The number of hydrogen-bond acceptors (Lipinski definition) is 4. The molecule has 0 aliphatic heterocycles. The molecular formula is C11H25O4V. The second kappa shape index (κ2) is 15.2. The van der Waals surface area contributed by atoms with Crippen LogP contribution in [0, 0.1) is 5.04 Å². The third kappa shape index (κ3) is 36.8. The summed E-state index contributed by atoms with van der Waals surface area (Å²) in [6.07, 6.45) is -0.556. The summed E-state index contributed by atoms with van der Waals surface area (Å²) < 4.78 is 0. The maximum atomic E-state index is 8.56. The first-order valence-corrected chi connectivity index (χ1v) is 6.04. The van der Waals surface area contributed by atoms with Gasteiger partial charge < -0.3 is 20.4 Å². The Kier molecular flexibility index (Phi) is 20.4. The Morgan fingerprint density at radius 3 is 0.812 bits per heavy atom. The van der Waals surface area contributed by atoms with E-state index in [1.165, 1.54) is 0 Å². The molecule has 0 aliphatic carbocycles. The van der Waals surface area contributed by atoms with Gasteiger partial charge in [-0.2, -0.15) is 0 Å². The van der Waals surface area contributed by atoms with E-state index in [1.54, 1.807) is 27.7 Å². The Labute approximate surface area is 107 Å². The zero-order valence-corrected chi connectivity index (χ0v) is 11.9. The molecule has 0 rings (SSSR count). The molecule has 0 radical (unpaired) electrons.